The van der Waals surface area contributed by atoms with Gasteiger partial charge in [0.15, 0.2) is 24.1 Å². The van der Waals surface area contributed by atoms with Gasteiger partial charge in [0.1, 0.15) is 62.0 Å². The second-order valence-electron chi connectivity index (χ2n) is 10.4. The van der Waals surface area contributed by atoms with Gasteiger partial charge in [0.2, 0.25) is 0 Å². The van der Waals surface area contributed by atoms with Crippen LogP contribution in [-0.2, 0) is 42.6 Å². The zero-order valence-electron chi connectivity index (χ0n) is 25.3. The smallest absolute Gasteiger partial charge is 0.186 e. The Morgan fingerprint density at radius 2 is 1.20 bits per heavy atom. The van der Waals surface area contributed by atoms with Crippen molar-refractivity contribution in [2.45, 2.75) is 61.4 Å². The number of ether oxygens (including phenoxy) is 11. The zero-order chi connectivity index (χ0) is 32.0. The van der Waals surface area contributed by atoms with E-state index in [0.29, 0.717) is 37.9 Å². The van der Waals surface area contributed by atoms with Gasteiger partial charge >= 0.3 is 0 Å². The number of aliphatic hydroxyl groups is 5. The molecule has 0 saturated carbocycles. The van der Waals surface area contributed by atoms with E-state index in [0.717, 1.165) is 0 Å². The van der Waals surface area contributed by atoms with E-state index in [1.54, 1.807) is 0 Å². The van der Waals surface area contributed by atoms with Gasteiger partial charge in [-0.3, -0.25) is 0 Å². The topological polar surface area (TPSA) is 203 Å². The maximum atomic E-state index is 10.2. The average Bonchev–Trinajstić information content (AvgIpc) is 3.06. The maximum absolute atomic E-state index is 10.2. The van der Waals surface area contributed by atoms with Crippen LogP contribution in [0.15, 0.2) is 24.3 Å². The summed E-state index contributed by atoms with van der Waals surface area (Å²) in [5.74, 6) is 1.21. The van der Waals surface area contributed by atoms with E-state index in [1.807, 2.05) is 24.3 Å². The summed E-state index contributed by atoms with van der Waals surface area (Å²) in [5, 5.41) is 49.8. The van der Waals surface area contributed by atoms with Crippen LogP contribution >= 0.6 is 0 Å². The summed E-state index contributed by atoms with van der Waals surface area (Å²) in [6.07, 6.45) is -11.2. The van der Waals surface area contributed by atoms with E-state index in [9.17, 15) is 25.5 Å². The molecule has 16 heteroatoms. The number of benzene rings is 1. The summed E-state index contributed by atoms with van der Waals surface area (Å²) in [4.78, 5) is 0. The molecule has 0 unspecified atom stereocenters. The lowest BCUT2D eigenvalue weighted by molar-refractivity contribution is -0.323. The zero-order valence-corrected chi connectivity index (χ0v) is 25.3. The van der Waals surface area contributed by atoms with Crippen LogP contribution in [-0.4, -0.2) is 173 Å². The Morgan fingerprint density at radius 1 is 0.644 bits per heavy atom. The second-order valence-corrected chi connectivity index (χ2v) is 10.4. The molecule has 45 heavy (non-hydrogen) atoms. The largest absolute Gasteiger partial charge is 0.487 e. The van der Waals surface area contributed by atoms with E-state index in [2.05, 4.69) is 0 Å². The van der Waals surface area contributed by atoms with E-state index < -0.39 is 74.6 Å². The Morgan fingerprint density at radius 3 is 1.80 bits per heavy atom. The predicted molar refractivity (Wildman–Crippen MR) is 151 cm³/mol. The normalized spacial score (nSPS) is 36.0. The fourth-order valence-corrected chi connectivity index (χ4v) is 5.14. The number of aliphatic hydroxyl groups excluding tert-OH is 5. The molecule has 2 fully saturated rings. The van der Waals surface area contributed by atoms with Gasteiger partial charge in [-0.25, -0.2) is 0 Å². The van der Waals surface area contributed by atoms with Crippen LogP contribution < -0.4 is 9.47 Å². The Balaban J connectivity index is 1.37. The molecule has 3 aliphatic rings. The molecule has 0 spiro atoms. The Bertz CT molecular complexity index is 955. The predicted octanol–water partition coefficient (Wildman–Crippen LogP) is -2.17. The first kappa shape index (κ1) is 36.1. The molecule has 2 saturated heterocycles. The fourth-order valence-electron chi connectivity index (χ4n) is 5.14. The number of para-hydroxylation sites is 2. The molecule has 0 amide bonds. The molecule has 1 aromatic carbocycles. The van der Waals surface area contributed by atoms with Crippen molar-refractivity contribution in [1.82, 2.24) is 0 Å². The Kier molecular flexibility index (Phi) is 15.4. The molecular formula is C29H46O16. The lowest BCUT2D eigenvalue weighted by Gasteiger charge is -2.45. The van der Waals surface area contributed by atoms with Gasteiger partial charge in [-0.05, 0) is 12.1 Å². The van der Waals surface area contributed by atoms with Gasteiger partial charge in [-0.15, -0.1) is 0 Å². The quantitative estimate of drug-likeness (QED) is 0.190. The molecule has 5 N–H and O–H groups in total. The summed E-state index contributed by atoms with van der Waals surface area (Å²) in [6, 6.07) is 7.35. The fraction of sp³-hybridized carbons (Fsp3) is 0.793. The molecule has 0 radical (unpaired) electrons. The van der Waals surface area contributed by atoms with E-state index in [1.165, 1.54) is 7.11 Å². The first-order valence-corrected chi connectivity index (χ1v) is 15.0. The van der Waals surface area contributed by atoms with Crippen molar-refractivity contribution in [2.24, 2.45) is 0 Å². The average molecular weight is 651 g/mol. The highest BCUT2D eigenvalue weighted by Crippen LogP contribution is 2.29. The molecule has 16 nitrogen and oxygen atoms in total. The van der Waals surface area contributed by atoms with E-state index in [-0.39, 0.29) is 39.6 Å². The van der Waals surface area contributed by atoms with Crippen LogP contribution in [0, 0.1) is 0 Å². The van der Waals surface area contributed by atoms with Crippen LogP contribution in [0.3, 0.4) is 0 Å². The van der Waals surface area contributed by atoms with Crippen LogP contribution in [0.2, 0.25) is 0 Å². The minimum Gasteiger partial charge on any atom is -0.487 e. The minimum absolute atomic E-state index is 0.0673. The minimum atomic E-state index is -1.57. The molecule has 4 rings (SSSR count). The second kappa shape index (κ2) is 19.2. The van der Waals surface area contributed by atoms with Crippen molar-refractivity contribution in [1.29, 1.82) is 0 Å². The molecule has 3 heterocycles. The number of hydrogen-bond donors (Lipinski definition) is 5. The van der Waals surface area contributed by atoms with Crippen LogP contribution in [0.1, 0.15) is 0 Å². The molecule has 0 aliphatic carbocycles. The third-order valence-electron chi connectivity index (χ3n) is 7.42. The maximum Gasteiger partial charge on any atom is 0.186 e. The van der Waals surface area contributed by atoms with Gasteiger partial charge in [0.05, 0.1) is 66.1 Å². The first-order chi connectivity index (χ1) is 22.0. The monoisotopic (exact) mass is 650 g/mol. The Labute approximate surface area is 261 Å². The highest BCUT2D eigenvalue weighted by Gasteiger charge is 2.49. The highest BCUT2D eigenvalue weighted by molar-refractivity contribution is 5.39. The summed E-state index contributed by atoms with van der Waals surface area (Å²) in [6.45, 7) is 0.798. The first-order valence-electron chi connectivity index (χ1n) is 15.0. The highest BCUT2D eigenvalue weighted by atomic mass is 16.7. The van der Waals surface area contributed by atoms with Crippen LogP contribution in [0.25, 0.3) is 0 Å². The summed E-state index contributed by atoms with van der Waals surface area (Å²) >= 11 is 0. The number of methoxy groups -OCH3 is 1. The SMILES string of the molecule is CO[C@H]1O[C@H](CO)[C@@H](OCCO[C@@H]2O[C@H](CO)[C@H](O)[C@H](O)[C@H]2O)[C@@H]2OCCOCCOc3ccccc3OCCOCCO[C@@H]12. The van der Waals surface area contributed by atoms with Crippen molar-refractivity contribution < 1.29 is 77.6 Å². The molecule has 0 aromatic heterocycles. The van der Waals surface area contributed by atoms with Gasteiger partial charge in [-0.1, -0.05) is 12.1 Å². The van der Waals surface area contributed by atoms with Crippen molar-refractivity contribution in [2.75, 3.05) is 86.4 Å². The van der Waals surface area contributed by atoms with Gasteiger partial charge in [0, 0.05) is 7.11 Å². The Hall–Kier alpha value is -1.74. The molecule has 258 valence electrons. The molecule has 1 aromatic rings. The molecule has 3 aliphatic heterocycles. The number of fused-ring (bicyclic) bond motifs is 2. The van der Waals surface area contributed by atoms with E-state index in [4.69, 9.17) is 52.1 Å². The molecular weight excluding hydrogens is 604 g/mol. The standard InChI is InChI=1S/C29H46O16/c1-35-29-27-26(25(21(17-31)45-29)40-14-15-43-28-24(34)23(33)22(32)20(16-30)44-28)41-12-8-36-6-10-38-18-4-2-3-5-19(18)39-11-7-37-9-13-42-27/h2-5,20-34H,6-17H2,1H3/t20-,21-,22+,23+,24-,25-,26+,27-,28-,29+/m1/s1. The summed E-state index contributed by atoms with van der Waals surface area (Å²) in [5.41, 5.74) is 0. The van der Waals surface area contributed by atoms with Crippen molar-refractivity contribution in [3.8, 4) is 11.5 Å². The van der Waals surface area contributed by atoms with Crippen molar-refractivity contribution >= 4 is 0 Å². The van der Waals surface area contributed by atoms with E-state index >= 15 is 0 Å². The van der Waals surface area contributed by atoms with Gasteiger partial charge in [0.25, 0.3) is 0 Å². The number of rotatable bonds is 8. The third kappa shape index (κ3) is 10.1. The van der Waals surface area contributed by atoms with Crippen LogP contribution in [0.4, 0.5) is 0 Å². The molecule has 0 bridgehead atoms. The lowest BCUT2D eigenvalue weighted by Crippen LogP contribution is -2.62. The van der Waals surface area contributed by atoms with Crippen LogP contribution in [0.5, 0.6) is 11.5 Å². The molecule has 10 atom stereocenters. The number of hydrogen-bond acceptors (Lipinski definition) is 16. The summed E-state index contributed by atoms with van der Waals surface area (Å²) in [7, 11) is 1.45. The van der Waals surface area contributed by atoms with Gasteiger partial charge in [-0.2, -0.15) is 0 Å². The van der Waals surface area contributed by atoms with Crippen molar-refractivity contribution in [3.63, 3.8) is 0 Å². The van der Waals surface area contributed by atoms with Gasteiger partial charge < -0.3 is 77.6 Å². The lowest BCUT2D eigenvalue weighted by atomic mass is 9.98. The summed E-state index contributed by atoms with van der Waals surface area (Å²) < 4.78 is 63.8. The third-order valence-corrected chi connectivity index (χ3v) is 7.42. The van der Waals surface area contributed by atoms with Crippen molar-refractivity contribution in [3.05, 3.63) is 24.3 Å².